The Kier molecular flexibility index (Phi) is 3.42. The van der Waals surface area contributed by atoms with E-state index in [9.17, 15) is 0 Å². The summed E-state index contributed by atoms with van der Waals surface area (Å²) in [5.74, 6) is 1.51. The number of fused-ring (bicyclic) bond motifs is 3. The van der Waals surface area contributed by atoms with Gasteiger partial charge in [0, 0.05) is 10.8 Å². The lowest BCUT2D eigenvalue weighted by molar-refractivity contribution is 0.174. The predicted octanol–water partition coefficient (Wildman–Crippen LogP) is 4.56. The maximum atomic E-state index is 5.41. The largest absolute Gasteiger partial charge is 0.454 e. The molecule has 1 aliphatic rings. The van der Waals surface area contributed by atoms with Crippen LogP contribution < -0.4 is 14.9 Å². The van der Waals surface area contributed by atoms with Gasteiger partial charge in [0.2, 0.25) is 6.79 Å². The highest BCUT2D eigenvalue weighted by atomic mass is 16.7. The van der Waals surface area contributed by atoms with Gasteiger partial charge in [0.1, 0.15) is 0 Å². The topological polar surface area (TPSA) is 55.7 Å². The molecular formula is C21H15N3O2. The molecule has 0 amide bonds. The summed E-state index contributed by atoms with van der Waals surface area (Å²) >= 11 is 0. The van der Waals surface area contributed by atoms with Crippen molar-refractivity contribution in [1.29, 1.82) is 0 Å². The van der Waals surface area contributed by atoms with Gasteiger partial charge in [0.25, 0.3) is 0 Å². The molecule has 1 N–H and O–H groups in total. The average Bonchev–Trinajstić information content (AvgIpc) is 3.15. The molecule has 0 bridgehead atoms. The summed E-state index contributed by atoms with van der Waals surface area (Å²) in [6.45, 7) is 0.267. The van der Waals surface area contributed by atoms with E-state index in [0.29, 0.717) is 0 Å². The molecular weight excluding hydrogens is 326 g/mol. The average molecular weight is 341 g/mol. The third-order valence-corrected chi connectivity index (χ3v) is 4.37. The van der Waals surface area contributed by atoms with Crippen LogP contribution in [0.1, 0.15) is 5.56 Å². The minimum absolute atomic E-state index is 0.267. The van der Waals surface area contributed by atoms with Crippen LogP contribution in [-0.2, 0) is 0 Å². The third-order valence-electron chi connectivity index (χ3n) is 4.37. The summed E-state index contributed by atoms with van der Waals surface area (Å²) in [7, 11) is 0. The number of hydrazone groups is 1. The van der Waals surface area contributed by atoms with Gasteiger partial charge >= 0.3 is 0 Å². The molecule has 5 rings (SSSR count). The second kappa shape index (κ2) is 6.04. The Labute approximate surface area is 149 Å². The Morgan fingerprint density at radius 1 is 0.846 bits per heavy atom. The molecule has 1 aliphatic heterocycles. The molecule has 0 radical (unpaired) electrons. The van der Waals surface area contributed by atoms with Gasteiger partial charge in [-0.3, -0.25) is 5.43 Å². The molecule has 0 saturated carbocycles. The summed E-state index contributed by atoms with van der Waals surface area (Å²) in [6, 6.07) is 21.9. The Balaban J connectivity index is 1.54. The molecule has 5 nitrogen and oxygen atoms in total. The van der Waals surface area contributed by atoms with Crippen LogP contribution in [0.5, 0.6) is 11.5 Å². The van der Waals surface area contributed by atoms with Crippen LogP contribution >= 0.6 is 0 Å². The number of hydrogen-bond donors (Lipinski definition) is 1. The number of nitrogens with one attached hydrogen (secondary N) is 1. The third kappa shape index (κ3) is 2.50. The van der Waals surface area contributed by atoms with Crippen molar-refractivity contribution in [2.45, 2.75) is 0 Å². The summed E-state index contributed by atoms with van der Waals surface area (Å²) in [5.41, 5.74) is 6.96. The molecule has 2 heterocycles. The molecule has 0 unspecified atom stereocenters. The van der Waals surface area contributed by atoms with Crippen molar-refractivity contribution in [2.24, 2.45) is 5.10 Å². The zero-order chi connectivity index (χ0) is 17.3. The van der Waals surface area contributed by atoms with Crippen molar-refractivity contribution in [3.63, 3.8) is 0 Å². The van der Waals surface area contributed by atoms with Crippen molar-refractivity contribution in [3.8, 4) is 11.5 Å². The number of anilines is 1. The minimum atomic E-state index is 0.267. The zero-order valence-corrected chi connectivity index (χ0v) is 13.8. The van der Waals surface area contributed by atoms with Crippen LogP contribution in [0.15, 0.2) is 71.8 Å². The second-order valence-electron chi connectivity index (χ2n) is 6.00. The fraction of sp³-hybridized carbons (Fsp3) is 0.0476. The first-order valence-electron chi connectivity index (χ1n) is 8.35. The van der Waals surface area contributed by atoms with E-state index < -0.39 is 0 Å². The van der Waals surface area contributed by atoms with Crippen LogP contribution in [0.4, 0.5) is 5.69 Å². The molecule has 3 aromatic carbocycles. The maximum Gasteiger partial charge on any atom is 0.231 e. The minimum Gasteiger partial charge on any atom is -0.454 e. The summed E-state index contributed by atoms with van der Waals surface area (Å²) in [6.07, 6.45) is 1.77. The van der Waals surface area contributed by atoms with Crippen molar-refractivity contribution < 1.29 is 9.47 Å². The van der Waals surface area contributed by atoms with Crippen molar-refractivity contribution in [2.75, 3.05) is 12.2 Å². The highest BCUT2D eigenvalue weighted by molar-refractivity contribution is 6.07. The molecule has 0 atom stereocenters. The van der Waals surface area contributed by atoms with Gasteiger partial charge in [-0.15, -0.1) is 0 Å². The standard InChI is InChI=1S/C21H15N3O2/c1-3-7-17-15(5-1)21(16-6-2-4-8-18(16)23-17)24-22-12-14-9-10-19-20(11-14)26-13-25-19/h1-12H,13H2,(H,23,24). The number of hydrogen-bond acceptors (Lipinski definition) is 5. The molecule has 4 aromatic rings. The van der Waals surface area contributed by atoms with Crippen LogP contribution in [0.2, 0.25) is 0 Å². The maximum absolute atomic E-state index is 5.41. The predicted molar refractivity (Wildman–Crippen MR) is 103 cm³/mol. The molecule has 0 fully saturated rings. The van der Waals surface area contributed by atoms with E-state index in [1.165, 1.54) is 0 Å². The second-order valence-corrected chi connectivity index (χ2v) is 6.00. The van der Waals surface area contributed by atoms with Crippen LogP contribution in [0, 0.1) is 0 Å². The molecule has 26 heavy (non-hydrogen) atoms. The first-order chi connectivity index (χ1) is 12.9. The van der Waals surface area contributed by atoms with Gasteiger partial charge < -0.3 is 9.47 Å². The van der Waals surface area contributed by atoms with E-state index in [0.717, 1.165) is 44.6 Å². The number of para-hydroxylation sites is 2. The molecule has 0 saturated heterocycles. The molecule has 5 heteroatoms. The SMILES string of the molecule is C(=NNc1c2ccccc2nc2ccccc12)c1ccc2c(c1)OCO2. The van der Waals surface area contributed by atoms with Crippen LogP contribution in [0.3, 0.4) is 0 Å². The van der Waals surface area contributed by atoms with Gasteiger partial charge in [-0.05, 0) is 35.9 Å². The molecule has 0 spiro atoms. The summed E-state index contributed by atoms with van der Waals surface area (Å²) < 4.78 is 10.7. The highest BCUT2D eigenvalue weighted by Gasteiger charge is 2.12. The number of benzene rings is 3. The van der Waals surface area contributed by atoms with E-state index in [4.69, 9.17) is 14.5 Å². The van der Waals surface area contributed by atoms with Crippen molar-refractivity contribution >= 4 is 33.7 Å². The number of ether oxygens (including phenoxy) is 2. The van der Waals surface area contributed by atoms with E-state index in [2.05, 4.69) is 10.5 Å². The first kappa shape index (κ1) is 14.7. The molecule has 0 aliphatic carbocycles. The Morgan fingerprint density at radius 2 is 1.54 bits per heavy atom. The smallest absolute Gasteiger partial charge is 0.231 e. The Morgan fingerprint density at radius 3 is 2.31 bits per heavy atom. The fourth-order valence-electron chi connectivity index (χ4n) is 3.13. The van der Waals surface area contributed by atoms with E-state index in [-0.39, 0.29) is 6.79 Å². The quantitative estimate of drug-likeness (QED) is 0.337. The molecule has 126 valence electrons. The van der Waals surface area contributed by atoms with Crippen LogP contribution in [-0.4, -0.2) is 18.0 Å². The zero-order valence-electron chi connectivity index (χ0n) is 13.8. The fourth-order valence-corrected chi connectivity index (χ4v) is 3.13. The van der Waals surface area contributed by atoms with Crippen LogP contribution in [0.25, 0.3) is 21.8 Å². The van der Waals surface area contributed by atoms with Crippen molar-refractivity contribution in [3.05, 3.63) is 72.3 Å². The number of pyridine rings is 1. The highest BCUT2D eigenvalue weighted by Crippen LogP contribution is 2.32. The van der Waals surface area contributed by atoms with E-state index >= 15 is 0 Å². The van der Waals surface area contributed by atoms with E-state index in [1.807, 2.05) is 66.7 Å². The van der Waals surface area contributed by atoms with Gasteiger partial charge in [0.15, 0.2) is 11.5 Å². The number of nitrogens with zero attached hydrogens (tertiary/aromatic N) is 2. The van der Waals surface area contributed by atoms with E-state index in [1.54, 1.807) is 6.21 Å². The first-order valence-corrected chi connectivity index (χ1v) is 8.35. The van der Waals surface area contributed by atoms with Gasteiger partial charge in [-0.25, -0.2) is 4.98 Å². The van der Waals surface area contributed by atoms with Gasteiger partial charge in [-0.1, -0.05) is 36.4 Å². The lowest BCUT2D eigenvalue weighted by Crippen LogP contribution is -1.95. The van der Waals surface area contributed by atoms with Crippen molar-refractivity contribution in [1.82, 2.24) is 4.98 Å². The Hall–Kier alpha value is -3.60. The van der Waals surface area contributed by atoms with Gasteiger partial charge in [0.05, 0.1) is 22.9 Å². The van der Waals surface area contributed by atoms with Gasteiger partial charge in [-0.2, -0.15) is 5.10 Å². The molecule has 1 aromatic heterocycles. The summed E-state index contributed by atoms with van der Waals surface area (Å²) in [5, 5.41) is 6.51. The lowest BCUT2D eigenvalue weighted by atomic mass is 10.1. The Bertz CT molecular complexity index is 1100. The number of aromatic nitrogens is 1. The normalized spacial score (nSPS) is 12.9. The monoisotopic (exact) mass is 341 g/mol. The lowest BCUT2D eigenvalue weighted by Gasteiger charge is -2.09. The summed E-state index contributed by atoms with van der Waals surface area (Å²) in [4.78, 5) is 4.72. The number of rotatable bonds is 3.